The van der Waals surface area contributed by atoms with Gasteiger partial charge < -0.3 is 14.6 Å². The first-order valence-electron chi connectivity index (χ1n) is 6.16. The number of benzene rings is 1. The van der Waals surface area contributed by atoms with Gasteiger partial charge in [0, 0.05) is 6.07 Å². The van der Waals surface area contributed by atoms with Crippen molar-refractivity contribution < 1.29 is 23.2 Å². The number of anilines is 1. The lowest BCUT2D eigenvalue weighted by Gasteiger charge is -2.12. The van der Waals surface area contributed by atoms with Crippen molar-refractivity contribution in [2.24, 2.45) is 0 Å². The Balaban J connectivity index is 1.95. The molecule has 7 heteroatoms. The molecule has 1 N–H and O–H groups in total. The number of carbonyl (C=O) groups is 2. The third-order valence-electron chi connectivity index (χ3n) is 2.59. The number of aromatic nitrogens is 1. The van der Waals surface area contributed by atoms with E-state index in [1.807, 2.05) is 0 Å². The first kappa shape index (κ1) is 14.7. The second-order valence-electron chi connectivity index (χ2n) is 4.37. The molecule has 6 nitrogen and oxygen atoms in total. The van der Waals surface area contributed by atoms with Gasteiger partial charge in [-0.1, -0.05) is 11.2 Å². The molecule has 0 saturated heterocycles. The fourth-order valence-electron chi connectivity index (χ4n) is 1.55. The average molecular weight is 292 g/mol. The third kappa shape index (κ3) is 3.88. The van der Waals surface area contributed by atoms with Crippen LogP contribution in [0.2, 0.25) is 0 Å². The van der Waals surface area contributed by atoms with Gasteiger partial charge in [-0.25, -0.2) is 9.18 Å². The maximum absolute atomic E-state index is 13.0. The molecule has 0 aliphatic carbocycles. The van der Waals surface area contributed by atoms with Gasteiger partial charge in [0.2, 0.25) is 0 Å². The number of nitrogens with one attached hydrogen (secondary N) is 1. The smallest absolute Gasteiger partial charge is 0.339 e. The Morgan fingerprint density at radius 1 is 1.38 bits per heavy atom. The molecule has 0 aliphatic rings. The zero-order valence-electron chi connectivity index (χ0n) is 11.4. The van der Waals surface area contributed by atoms with Gasteiger partial charge >= 0.3 is 5.97 Å². The molecule has 110 valence electrons. The van der Waals surface area contributed by atoms with Crippen LogP contribution in [0.3, 0.4) is 0 Å². The van der Waals surface area contributed by atoms with Crippen LogP contribution in [-0.2, 0) is 9.53 Å². The first-order valence-corrected chi connectivity index (χ1v) is 6.16. The Morgan fingerprint density at radius 2 is 2.14 bits per heavy atom. The molecule has 0 unspecified atom stereocenters. The summed E-state index contributed by atoms with van der Waals surface area (Å²) in [5.74, 6) is -1.14. The quantitative estimate of drug-likeness (QED) is 0.874. The maximum Gasteiger partial charge on any atom is 0.339 e. The van der Waals surface area contributed by atoms with Crippen molar-refractivity contribution in [2.45, 2.75) is 20.0 Å². The number of hydrogen-bond acceptors (Lipinski definition) is 5. The summed E-state index contributed by atoms with van der Waals surface area (Å²) in [6.07, 6.45) is -1.06. The summed E-state index contributed by atoms with van der Waals surface area (Å²) in [4.78, 5) is 23.6. The molecule has 0 aliphatic heterocycles. The van der Waals surface area contributed by atoms with E-state index < -0.39 is 23.8 Å². The molecule has 1 amide bonds. The van der Waals surface area contributed by atoms with Gasteiger partial charge in [-0.05, 0) is 32.0 Å². The largest absolute Gasteiger partial charge is 0.449 e. The Morgan fingerprint density at radius 3 is 2.76 bits per heavy atom. The lowest BCUT2D eigenvalue weighted by Crippen LogP contribution is -2.30. The van der Waals surface area contributed by atoms with Gasteiger partial charge in [0.25, 0.3) is 5.91 Å². The van der Waals surface area contributed by atoms with Crippen LogP contribution in [-0.4, -0.2) is 23.1 Å². The summed E-state index contributed by atoms with van der Waals surface area (Å²) in [5.41, 5.74) is 0.0342. The predicted octanol–water partition coefficient (Wildman–Crippen LogP) is 2.31. The fourth-order valence-corrected chi connectivity index (χ4v) is 1.55. The molecule has 1 heterocycles. The first-order chi connectivity index (χ1) is 9.95. The van der Waals surface area contributed by atoms with E-state index in [9.17, 15) is 14.0 Å². The lowest BCUT2D eigenvalue weighted by molar-refractivity contribution is -0.123. The van der Waals surface area contributed by atoms with Crippen LogP contribution < -0.4 is 5.32 Å². The van der Waals surface area contributed by atoms with E-state index in [2.05, 4.69) is 10.5 Å². The third-order valence-corrected chi connectivity index (χ3v) is 2.59. The summed E-state index contributed by atoms with van der Waals surface area (Å²) in [5, 5.41) is 6.03. The summed E-state index contributed by atoms with van der Waals surface area (Å²) >= 11 is 0. The Labute approximate surface area is 119 Å². The number of nitrogens with zero attached hydrogens (tertiary/aromatic N) is 1. The van der Waals surface area contributed by atoms with Crippen LogP contribution in [0.4, 0.5) is 10.2 Å². The second kappa shape index (κ2) is 6.17. The standard InChI is InChI=1S/C14H13FN2O4/c1-8-6-12(17-21-8)16-13(18)9(2)20-14(19)10-4-3-5-11(15)7-10/h3-7,9H,1-2H3,(H,16,17,18)/t9-/m1/s1. The second-order valence-corrected chi connectivity index (χ2v) is 4.37. The molecule has 1 atom stereocenters. The average Bonchev–Trinajstić information content (AvgIpc) is 2.84. The van der Waals surface area contributed by atoms with E-state index in [0.717, 1.165) is 6.07 Å². The number of halogens is 1. The summed E-state index contributed by atoms with van der Waals surface area (Å²) in [7, 11) is 0. The molecule has 21 heavy (non-hydrogen) atoms. The number of esters is 1. The monoisotopic (exact) mass is 292 g/mol. The van der Waals surface area contributed by atoms with Crippen LogP contribution in [0, 0.1) is 12.7 Å². The van der Waals surface area contributed by atoms with Crippen molar-refractivity contribution in [3.8, 4) is 0 Å². The number of amides is 1. The van der Waals surface area contributed by atoms with Crippen LogP contribution in [0.1, 0.15) is 23.0 Å². The molecular formula is C14H13FN2O4. The highest BCUT2D eigenvalue weighted by Gasteiger charge is 2.20. The molecule has 0 fully saturated rings. The summed E-state index contributed by atoms with van der Waals surface area (Å²) in [6, 6.07) is 6.55. The molecule has 1 aromatic carbocycles. The van der Waals surface area contributed by atoms with Crippen LogP contribution in [0.25, 0.3) is 0 Å². The van der Waals surface area contributed by atoms with Crippen molar-refractivity contribution in [3.05, 3.63) is 47.5 Å². The fraction of sp³-hybridized carbons (Fsp3) is 0.214. The van der Waals surface area contributed by atoms with Crippen LogP contribution >= 0.6 is 0 Å². The van der Waals surface area contributed by atoms with Gasteiger partial charge in [-0.3, -0.25) is 4.79 Å². The van der Waals surface area contributed by atoms with Gasteiger partial charge in [0.1, 0.15) is 11.6 Å². The topological polar surface area (TPSA) is 81.4 Å². The van der Waals surface area contributed by atoms with E-state index >= 15 is 0 Å². The van der Waals surface area contributed by atoms with Crippen molar-refractivity contribution in [1.29, 1.82) is 0 Å². The summed E-state index contributed by atoms with van der Waals surface area (Å²) in [6.45, 7) is 3.08. The zero-order chi connectivity index (χ0) is 15.4. The zero-order valence-corrected chi connectivity index (χ0v) is 11.4. The minimum atomic E-state index is -1.06. The van der Waals surface area contributed by atoms with Crippen molar-refractivity contribution in [3.63, 3.8) is 0 Å². The molecule has 0 spiro atoms. The highest BCUT2D eigenvalue weighted by Crippen LogP contribution is 2.10. The van der Waals surface area contributed by atoms with E-state index in [1.165, 1.54) is 31.2 Å². The Hall–Kier alpha value is -2.70. The predicted molar refractivity (Wildman–Crippen MR) is 71.1 cm³/mol. The van der Waals surface area contributed by atoms with E-state index in [-0.39, 0.29) is 11.4 Å². The number of rotatable bonds is 4. The number of ether oxygens (including phenoxy) is 1. The number of aryl methyl sites for hydroxylation is 1. The van der Waals surface area contributed by atoms with Crippen LogP contribution in [0.5, 0.6) is 0 Å². The van der Waals surface area contributed by atoms with Gasteiger partial charge in [0.15, 0.2) is 11.9 Å². The molecule has 2 aromatic rings. The van der Waals surface area contributed by atoms with E-state index in [4.69, 9.17) is 9.26 Å². The molecule has 0 saturated carbocycles. The SMILES string of the molecule is Cc1cc(NC(=O)[C@@H](C)OC(=O)c2cccc(F)c2)no1. The van der Waals surface area contributed by atoms with Crippen molar-refractivity contribution in [2.75, 3.05) is 5.32 Å². The minimum Gasteiger partial charge on any atom is -0.449 e. The van der Waals surface area contributed by atoms with Gasteiger partial charge in [-0.15, -0.1) is 0 Å². The maximum atomic E-state index is 13.0. The number of carbonyl (C=O) groups excluding carboxylic acids is 2. The van der Waals surface area contributed by atoms with E-state index in [0.29, 0.717) is 5.76 Å². The van der Waals surface area contributed by atoms with Crippen molar-refractivity contribution in [1.82, 2.24) is 5.16 Å². The molecule has 0 bridgehead atoms. The van der Waals surface area contributed by atoms with Crippen molar-refractivity contribution >= 4 is 17.7 Å². The van der Waals surface area contributed by atoms with E-state index in [1.54, 1.807) is 6.92 Å². The molecular weight excluding hydrogens is 279 g/mol. The lowest BCUT2D eigenvalue weighted by atomic mass is 10.2. The normalized spacial score (nSPS) is 11.8. The van der Waals surface area contributed by atoms with Gasteiger partial charge in [-0.2, -0.15) is 0 Å². The molecule has 0 radical (unpaired) electrons. The highest BCUT2D eigenvalue weighted by molar-refractivity contribution is 5.96. The minimum absolute atomic E-state index is 0.0342. The Bertz CT molecular complexity index is 668. The Kier molecular flexibility index (Phi) is 4.32. The number of hydrogen-bond donors (Lipinski definition) is 1. The van der Waals surface area contributed by atoms with Crippen LogP contribution in [0.15, 0.2) is 34.9 Å². The molecule has 1 aromatic heterocycles. The highest BCUT2D eigenvalue weighted by atomic mass is 19.1. The van der Waals surface area contributed by atoms with Gasteiger partial charge in [0.05, 0.1) is 5.56 Å². The summed E-state index contributed by atoms with van der Waals surface area (Å²) < 4.78 is 22.8. The molecule has 2 rings (SSSR count).